The van der Waals surface area contributed by atoms with E-state index in [0.717, 1.165) is 55.4 Å². The number of ether oxygens (including phenoxy) is 3. The van der Waals surface area contributed by atoms with E-state index >= 15 is 4.39 Å². The van der Waals surface area contributed by atoms with Gasteiger partial charge in [0.15, 0.2) is 11.6 Å². The molecule has 1 heterocycles. The first kappa shape index (κ1) is 25.8. The minimum absolute atomic E-state index is 0.0608. The molecule has 35 heavy (non-hydrogen) atoms. The molecule has 2 aromatic rings. The second-order valence-corrected chi connectivity index (χ2v) is 11.0. The zero-order valence-corrected chi connectivity index (χ0v) is 21.6. The zero-order chi connectivity index (χ0) is 24.9. The zero-order valence-electron chi connectivity index (χ0n) is 20.1. The number of rotatable bonds is 7. The van der Waals surface area contributed by atoms with Crippen LogP contribution in [0.2, 0.25) is 4.34 Å². The summed E-state index contributed by atoms with van der Waals surface area (Å²) in [6, 6.07) is 6.76. The average Bonchev–Trinajstić information content (AvgIpc) is 3.53. The molecule has 0 radical (unpaired) electrons. The minimum atomic E-state index is -0.490. The predicted molar refractivity (Wildman–Crippen MR) is 133 cm³/mol. The Hall–Kier alpha value is -2.32. The second-order valence-electron chi connectivity index (χ2n) is 9.28. The van der Waals surface area contributed by atoms with Gasteiger partial charge in [-0.05, 0) is 68.4 Å². The van der Waals surface area contributed by atoms with Crippen LogP contribution in [0.4, 0.5) is 9.18 Å². The lowest BCUT2D eigenvalue weighted by Crippen LogP contribution is -2.35. The second kappa shape index (κ2) is 11.6. The molecule has 0 spiro atoms. The molecule has 2 fully saturated rings. The van der Waals surface area contributed by atoms with E-state index in [-0.39, 0.29) is 42.5 Å². The fourth-order valence-electron chi connectivity index (χ4n) is 4.98. The quantitative estimate of drug-likeness (QED) is 0.372. The van der Waals surface area contributed by atoms with Crippen molar-refractivity contribution in [2.24, 2.45) is 5.92 Å². The summed E-state index contributed by atoms with van der Waals surface area (Å²) in [4.78, 5) is 26.8. The molecular formula is C26H31ClFNO5S. The Morgan fingerprint density at radius 1 is 1.14 bits per heavy atom. The van der Waals surface area contributed by atoms with Crippen LogP contribution < -0.4 is 4.74 Å². The van der Waals surface area contributed by atoms with Gasteiger partial charge in [0, 0.05) is 23.5 Å². The summed E-state index contributed by atoms with van der Waals surface area (Å²) < 4.78 is 31.9. The van der Waals surface area contributed by atoms with Gasteiger partial charge in [-0.25, -0.2) is 9.18 Å². The highest BCUT2D eigenvalue weighted by Crippen LogP contribution is 2.38. The van der Waals surface area contributed by atoms with E-state index in [1.165, 1.54) is 24.5 Å². The summed E-state index contributed by atoms with van der Waals surface area (Å²) in [5.74, 6) is -0.798. The van der Waals surface area contributed by atoms with E-state index in [9.17, 15) is 9.59 Å². The number of methoxy groups -OCH3 is 1. The predicted octanol–water partition coefficient (Wildman–Crippen LogP) is 6.83. The number of carbonyl (C=O) groups is 2. The molecule has 9 heteroatoms. The monoisotopic (exact) mass is 523 g/mol. The van der Waals surface area contributed by atoms with Crippen molar-refractivity contribution < 1.29 is 28.2 Å². The summed E-state index contributed by atoms with van der Waals surface area (Å²) in [5.41, 5.74) is 1.37. The van der Waals surface area contributed by atoms with Crippen molar-refractivity contribution in [3.63, 3.8) is 0 Å². The number of esters is 1. The molecule has 1 aromatic carbocycles. The van der Waals surface area contributed by atoms with Gasteiger partial charge in [-0.2, -0.15) is 0 Å². The van der Waals surface area contributed by atoms with Gasteiger partial charge in [0.2, 0.25) is 0 Å². The lowest BCUT2D eigenvalue weighted by atomic mass is 9.87. The van der Waals surface area contributed by atoms with Crippen molar-refractivity contribution in [2.45, 2.75) is 70.1 Å². The molecular weight excluding hydrogens is 493 g/mol. The Labute approximate surface area is 214 Å². The highest BCUT2D eigenvalue weighted by atomic mass is 35.5. The SMILES string of the molecule is COC(=O)[C@H]1CCC[C@H](Oc2ccc(-c3sc(Cl)cc3COC(=O)N(C)C3CCCC3)cc2F)C1. The largest absolute Gasteiger partial charge is 0.487 e. The van der Waals surface area contributed by atoms with E-state index in [1.54, 1.807) is 30.1 Å². The number of hydrogen-bond donors (Lipinski definition) is 0. The van der Waals surface area contributed by atoms with Gasteiger partial charge < -0.3 is 19.1 Å². The molecule has 0 aliphatic heterocycles. The third-order valence-corrected chi connectivity index (χ3v) is 8.29. The van der Waals surface area contributed by atoms with Crippen LogP contribution in [-0.4, -0.2) is 43.3 Å². The highest BCUT2D eigenvalue weighted by molar-refractivity contribution is 7.19. The molecule has 0 saturated heterocycles. The van der Waals surface area contributed by atoms with E-state index in [1.807, 2.05) is 0 Å². The maximum absolute atomic E-state index is 15.0. The van der Waals surface area contributed by atoms with E-state index < -0.39 is 5.82 Å². The molecule has 2 aliphatic rings. The van der Waals surface area contributed by atoms with Crippen molar-refractivity contribution in [1.82, 2.24) is 4.90 Å². The fraction of sp³-hybridized carbons (Fsp3) is 0.538. The molecule has 0 unspecified atom stereocenters. The number of nitrogens with zero attached hydrogens (tertiary/aromatic N) is 1. The molecule has 2 saturated carbocycles. The van der Waals surface area contributed by atoms with Crippen LogP contribution in [0.1, 0.15) is 56.9 Å². The summed E-state index contributed by atoms with van der Waals surface area (Å²) >= 11 is 7.57. The Kier molecular flexibility index (Phi) is 8.55. The van der Waals surface area contributed by atoms with E-state index in [4.69, 9.17) is 25.8 Å². The van der Waals surface area contributed by atoms with Crippen LogP contribution in [0.5, 0.6) is 5.75 Å². The Morgan fingerprint density at radius 2 is 1.91 bits per heavy atom. The van der Waals surface area contributed by atoms with Crippen LogP contribution in [0.15, 0.2) is 24.3 Å². The Balaban J connectivity index is 1.42. The number of thiophene rings is 1. The van der Waals surface area contributed by atoms with Crippen LogP contribution in [0.25, 0.3) is 10.4 Å². The lowest BCUT2D eigenvalue weighted by molar-refractivity contribution is -0.147. The fourth-order valence-corrected chi connectivity index (χ4v) is 6.23. The van der Waals surface area contributed by atoms with Gasteiger partial charge in [-0.1, -0.05) is 24.4 Å². The molecule has 0 bridgehead atoms. The van der Waals surface area contributed by atoms with Crippen LogP contribution in [0.3, 0.4) is 0 Å². The first-order valence-corrected chi connectivity index (χ1v) is 13.3. The molecule has 6 nitrogen and oxygen atoms in total. The highest BCUT2D eigenvalue weighted by Gasteiger charge is 2.30. The average molecular weight is 524 g/mol. The van der Waals surface area contributed by atoms with E-state index in [0.29, 0.717) is 16.3 Å². The molecule has 0 N–H and O–H groups in total. The van der Waals surface area contributed by atoms with Gasteiger partial charge in [0.05, 0.1) is 23.5 Å². The maximum atomic E-state index is 15.0. The van der Waals surface area contributed by atoms with Gasteiger partial charge in [-0.3, -0.25) is 4.79 Å². The van der Waals surface area contributed by atoms with Crippen molar-refractivity contribution in [1.29, 1.82) is 0 Å². The van der Waals surface area contributed by atoms with Crippen LogP contribution in [0, 0.1) is 11.7 Å². The Bertz CT molecular complexity index is 1050. The smallest absolute Gasteiger partial charge is 0.410 e. The minimum Gasteiger partial charge on any atom is -0.487 e. The number of amides is 1. The van der Waals surface area contributed by atoms with Crippen molar-refractivity contribution in [3.05, 3.63) is 40.0 Å². The molecule has 2 aliphatic carbocycles. The molecule has 4 rings (SSSR count). The maximum Gasteiger partial charge on any atom is 0.410 e. The number of benzene rings is 1. The third-order valence-electron chi connectivity index (χ3n) is 6.94. The molecule has 1 aromatic heterocycles. The molecule has 2 atom stereocenters. The lowest BCUT2D eigenvalue weighted by Gasteiger charge is -2.28. The normalized spacial score (nSPS) is 20.5. The summed E-state index contributed by atoms with van der Waals surface area (Å²) in [6.07, 6.45) is 6.52. The van der Waals surface area contributed by atoms with Gasteiger partial charge in [0.1, 0.15) is 6.61 Å². The number of halogens is 2. The van der Waals surface area contributed by atoms with Crippen molar-refractivity contribution in [2.75, 3.05) is 14.2 Å². The number of hydrogen-bond acceptors (Lipinski definition) is 6. The van der Waals surface area contributed by atoms with E-state index in [2.05, 4.69) is 0 Å². The summed E-state index contributed by atoms with van der Waals surface area (Å²) in [6.45, 7) is 0.0608. The molecule has 1 amide bonds. The first-order valence-electron chi connectivity index (χ1n) is 12.1. The van der Waals surface area contributed by atoms with Crippen LogP contribution in [-0.2, 0) is 20.9 Å². The van der Waals surface area contributed by atoms with Crippen LogP contribution >= 0.6 is 22.9 Å². The topological polar surface area (TPSA) is 65.1 Å². The summed E-state index contributed by atoms with van der Waals surface area (Å²) in [7, 11) is 3.15. The molecule has 190 valence electrons. The van der Waals surface area contributed by atoms with Crippen molar-refractivity contribution >= 4 is 35.0 Å². The third kappa shape index (κ3) is 6.28. The standard InChI is InChI=1S/C26H31ClFNO5S/c1-29(19-7-3-4-8-19)26(31)33-15-18-14-23(27)35-24(18)16-10-11-22(21(28)13-16)34-20-9-5-6-17(12-20)25(30)32-2/h10-11,13-14,17,19-20H,3-9,12,15H2,1-2H3/t17-,20-/m0/s1. The van der Waals surface area contributed by atoms with Gasteiger partial charge in [-0.15, -0.1) is 11.3 Å². The Morgan fingerprint density at radius 3 is 2.63 bits per heavy atom. The first-order chi connectivity index (χ1) is 16.9. The van der Waals surface area contributed by atoms with Gasteiger partial charge >= 0.3 is 12.1 Å². The number of carbonyl (C=O) groups excluding carboxylic acids is 2. The summed E-state index contributed by atoms with van der Waals surface area (Å²) in [5, 5.41) is 0. The van der Waals surface area contributed by atoms with Crippen molar-refractivity contribution in [3.8, 4) is 16.2 Å². The van der Waals surface area contributed by atoms with Gasteiger partial charge in [0.25, 0.3) is 0 Å².